The zero-order valence-electron chi connectivity index (χ0n) is 8.37. The van der Waals surface area contributed by atoms with Gasteiger partial charge in [-0.15, -0.1) is 0 Å². The van der Waals surface area contributed by atoms with Gasteiger partial charge < -0.3 is 10.0 Å². The van der Waals surface area contributed by atoms with Crippen LogP contribution in [0.2, 0.25) is 0 Å². The van der Waals surface area contributed by atoms with E-state index in [-0.39, 0.29) is 0 Å². The minimum atomic E-state index is -1.33. The van der Waals surface area contributed by atoms with Crippen LogP contribution in [0.25, 0.3) is 0 Å². The number of amides is 1. The fourth-order valence-electron chi connectivity index (χ4n) is 1.76. The van der Waals surface area contributed by atoms with Crippen LogP contribution in [0.1, 0.15) is 38.5 Å². The molecule has 1 aliphatic heterocycles. The van der Waals surface area contributed by atoms with E-state index in [9.17, 15) is 9.59 Å². The number of carboxylic acid groups (broad SMARTS) is 1. The van der Waals surface area contributed by atoms with Gasteiger partial charge in [0.2, 0.25) is 0 Å². The van der Waals surface area contributed by atoms with Gasteiger partial charge in [-0.25, -0.2) is 4.79 Å². The lowest BCUT2D eigenvalue weighted by atomic mass is 10.1. The topological polar surface area (TPSA) is 57.6 Å². The molecule has 1 amide bonds. The van der Waals surface area contributed by atoms with Crippen LogP contribution in [-0.2, 0) is 9.59 Å². The fourth-order valence-corrected chi connectivity index (χ4v) is 1.76. The number of carbonyl (C=O) groups excluding carboxylic acids is 1. The van der Waals surface area contributed by atoms with Crippen molar-refractivity contribution in [1.29, 1.82) is 0 Å². The maximum atomic E-state index is 11.2. The number of nitrogens with zero attached hydrogens (tertiary/aromatic N) is 1. The predicted octanol–water partition coefficient (Wildman–Crippen LogP) is 1.25. The maximum Gasteiger partial charge on any atom is 0.394 e. The molecular weight excluding hydrogens is 182 g/mol. The average molecular weight is 199 g/mol. The van der Waals surface area contributed by atoms with Crippen molar-refractivity contribution in [3.05, 3.63) is 0 Å². The summed E-state index contributed by atoms with van der Waals surface area (Å²) >= 11 is 0. The molecule has 0 radical (unpaired) electrons. The number of hydrogen-bond acceptors (Lipinski definition) is 2. The molecule has 80 valence electrons. The Kier molecular flexibility index (Phi) is 4.43. The third kappa shape index (κ3) is 3.36. The maximum absolute atomic E-state index is 11.2. The quantitative estimate of drug-likeness (QED) is 0.597. The number of carbonyl (C=O) groups is 2. The van der Waals surface area contributed by atoms with Crippen molar-refractivity contribution in [2.45, 2.75) is 38.5 Å². The van der Waals surface area contributed by atoms with E-state index in [4.69, 9.17) is 5.11 Å². The molecule has 0 aliphatic carbocycles. The molecule has 0 saturated carbocycles. The first-order valence-corrected chi connectivity index (χ1v) is 5.24. The summed E-state index contributed by atoms with van der Waals surface area (Å²) in [4.78, 5) is 23.2. The molecule has 0 aromatic carbocycles. The monoisotopic (exact) mass is 199 g/mol. The second kappa shape index (κ2) is 5.62. The molecule has 0 aromatic heterocycles. The van der Waals surface area contributed by atoms with Crippen molar-refractivity contribution >= 4 is 11.9 Å². The van der Waals surface area contributed by atoms with Gasteiger partial charge in [-0.3, -0.25) is 4.79 Å². The molecule has 1 N–H and O–H groups in total. The Hall–Kier alpha value is -1.06. The Bertz CT molecular complexity index is 205. The lowest BCUT2D eigenvalue weighted by Crippen LogP contribution is -2.37. The Balaban J connectivity index is 2.47. The van der Waals surface area contributed by atoms with Gasteiger partial charge in [0.25, 0.3) is 0 Å². The Morgan fingerprint density at radius 3 is 1.71 bits per heavy atom. The van der Waals surface area contributed by atoms with Crippen molar-refractivity contribution in [1.82, 2.24) is 4.90 Å². The third-order valence-corrected chi connectivity index (χ3v) is 2.58. The highest BCUT2D eigenvalue weighted by Crippen LogP contribution is 2.11. The second-order valence-electron chi connectivity index (χ2n) is 3.72. The zero-order chi connectivity index (χ0) is 10.4. The van der Waals surface area contributed by atoms with Crippen molar-refractivity contribution < 1.29 is 14.7 Å². The predicted molar refractivity (Wildman–Crippen MR) is 51.9 cm³/mol. The molecule has 1 rings (SSSR count). The molecule has 1 heterocycles. The van der Waals surface area contributed by atoms with Gasteiger partial charge in [-0.05, 0) is 12.8 Å². The van der Waals surface area contributed by atoms with Gasteiger partial charge in [0.1, 0.15) is 0 Å². The van der Waals surface area contributed by atoms with Crippen molar-refractivity contribution in [3.8, 4) is 0 Å². The van der Waals surface area contributed by atoms with Crippen LogP contribution in [-0.4, -0.2) is 35.0 Å². The third-order valence-electron chi connectivity index (χ3n) is 2.58. The molecule has 0 spiro atoms. The first-order valence-electron chi connectivity index (χ1n) is 5.24. The highest BCUT2D eigenvalue weighted by atomic mass is 16.4. The lowest BCUT2D eigenvalue weighted by Gasteiger charge is -2.19. The lowest BCUT2D eigenvalue weighted by molar-refractivity contribution is -0.155. The van der Waals surface area contributed by atoms with Crippen LogP contribution >= 0.6 is 0 Å². The van der Waals surface area contributed by atoms with Crippen molar-refractivity contribution in [2.75, 3.05) is 13.1 Å². The molecule has 0 bridgehead atoms. The van der Waals surface area contributed by atoms with Crippen LogP contribution in [0.15, 0.2) is 0 Å². The minimum absolute atomic E-state index is 0.602. The summed E-state index contributed by atoms with van der Waals surface area (Å²) in [7, 11) is 0. The summed E-state index contributed by atoms with van der Waals surface area (Å²) in [5.41, 5.74) is 0. The summed E-state index contributed by atoms with van der Waals surface area (Å²) in [5.74, 6) is -2.07. The molecule has 14 heavy (non-hydrogen) atoms. The van der Waals surface area contributed by atoms with Gasteiger partial charge in [0.05, 0.1) is 0 Å². The Morgan fingerprint density at radius 2 is 1.29 bits per heavy atom. The molecule has 1 saturated heterocycles. The molecule has 1 fully saturated rings. The van der Waals surface area contributed by atoms with E-state index in [1.807, 2.05) is 0 Å². The van der Waals surface area contributed by atoms with Crippen LogP contribution in [0.3, 0.4) is 0 Å². The summed E-state index contributed by atoms with van der Waals surface area (Å²) in [6.45, 7) is 1.20. The number of carboxylic acids is 1. The summed E-state index contributed by atoms with van der Waals surface area (Å²) in [5, 5.41) is 8.58. The fraction of sp³-hybridized carbons (Fsp3) is 0.800. The second-order valence-corrected chi connectivity index (χ2v) is 3.72. The van der Waals surface area contributed by atoms with Crippen LogP contribution in [0.5, 0.6) is 0 Å². The van der Waals surface area contributed by atoms with E-state index in [2.05, 4.69) is 0 Å². The highest BCUT2D eigenvalue weighted by molar-refractivity contribution is 6.31. The van der Waals surface area contributed by atoms with Gasteiger partial charge in [0, 0.05) is 13.1 Å². The average Bonchev–Trinajstić information content (AvgIpc) is 2.29. The van der Waals surface area contributed by atoms with Gasteiger partial charge in [0.15, 0.2) is 0 Å². The van der Waals surface area contributed by atoms with Crippen LogP contribution < -0.4 is 0 Å². The molecule has 0 atom stereocenters. The molecule has 0 unspecified atom stereocenters. The van der Waals surface area contributed by atoms with E-state index in [0.717, 1.165) is 25.7 Å². The SMILES string of the molecule is O=C(O)C(=O)N1CCCCCCCC1. The molecule has 4 heteroatoms. The van der Waals surface area contributed by atoms with Crippen LogP contribution in [0.4, 0.5) is 0 Å². The van der Waals surface area contributed by atoms with Gasteiger partial charge >= 0.3 is 11.9 Å². The van der Waals surface area contributed by atoms with Gasteiger partial charge in [-0.1, -0.05) is 25.7 Å². The molecular formula is C10H17NO3. The smallest absolute Gasteiger partial charge is 0.394 e. The largest absolute Gasteiger partial charge is 0.474 e. The summed E-state index contributed by atoms with van der Waals surface area (Å²) in [6, 6.07) is 0. The number of hydrogen-bond donors (Lipinski definition) is 1. The van der Waals surface area contributed by atoms with E-state index in [0.29, 0.717) is 13.1 Å². The molecule has 4 nitrogen and oxygen atoms in total. The first kappa shape index (κ1) is 11.0. The first-order chi connectivity index (χ1) is 6.72. The normalized spacial score (nSPS) is 19.3. The highest BCUT2D eigenvalue weighted by Gasteiger charge is 2.20. The summed E-state index contributed by atoms with van der Waals surface area (Å²) in [6.07, 6.45) is 6.47. The zero-order valence-corrected chi connectivity index (χ0v) is 8.37. The van der Waals surface area contributed by atoms with Crippen LogP contribution in [0, 0.1) is 0 Å². The number of rotatable bonds is 0. The Labute approximate surface area is 83.9 Å². The Morgan fingerprint density at radius 1 is 0.857 bits per heavy atom. The van der Waals surface area contributed by atoms with Crippen molar-refractivity contribution in [3.63, 3.8) is 0 Å². The van der Waals surface area contributed by atoms with Crippen molar-refractivity contribution in [2.24, 2.45) is 0 Å². The molecule has 1 aliphatic rings. The summed E-state index contributed by atoms with van der Waals surface area (Å²) < 4.78 is 0. The van der Waals surface area contributed by atoms with Gasteiger partial charge in [-0.2, -0.15) is 0 Å². The van der Waals surface area contributed by atoms with E-state index in [1.54, 1.807) is 0 Å². The number of aliphatic carboxylic acids is 1. The van der Waals surface area contributed by atoms with E-state index >= 15 is 0 Å². The minimum Gasteiger partial charge on any atom is -0.474 e. The van der Waals surface area contributed by atoms with E-state index < -0.39 is 11.9 Å². The van der Waals surface area contributed by atoms with E-state index in [1.165, 1.54) is 17.7 Å². The molecule has 0 aromatic rings. The standard InChI is InChI=1S/C10H17NO3/c12-9(10(13)14)11-7-5-3-1-2-4-6-8-11/h1-8H2,(H,13,14).